The Kier molecular flexibility index (Phi) is 6.98. The zero-order chi connectivity index (χ0) is 10.9. The van der Waals surface area contributed by atoms with Crippen LogP contribution in [0, 0.1) is 5.92 Å². The highest BCUT2D eigenvalue weighted by Crippen LogP contribution is 2.17. The standard InChI is InChI=1S/C12H26N2O/c1-3-7-14-8-4-12(5-9-14)11-15-10-6-13-2/h12-13H,3-11H2,1-2H3. The van der Waals surface area contributed by atoms with Gasteiger partial charge >= 0.3 is 0 Å². The summed E-state index contributed by atoms with van der Waals surface area (Å²) in [6.45, 7) is 8.85. The van der Waals surface area contributed by atoms with Gasteiger partial charge in [-0.15, -0.1) is 0 Å². The Morgan fingerprint density at radius 1 is 1.33 bits per heavy atom. The van der Waals surface area contributed by atoms with Gasteiger partial charge in [-0.2, -0.15) is 0 Å². The third kappa shape index (κ3) is 5.50. The van der Waals surface area contributed by atoms with Crippen molar-refractivity contribution in [1.82, 2.24) is 10.2 Å². The van der Waals surface area contributed by atoms with Crippen LogP contribution in [0.3, 0.4) is 0 Å². The summed E-state index contributed by atoms with van der Waals surface area (Å²) in [4.78, 5) is 2.57. The van der Waals surface area contributed by atoms with Gasteiger partial charge in [0.25, 0.3) is 0 Å². The molecule has 1 saturated heterocycles. The highest BCUT2D eigenvalue weighted by atomic mass is 16.5. The van der Waals surface area contributed by atoms with E-state index in [1.807, 2.05) is 7.05 Å². The Hall–Kier alpha value is -0.120. The molecule has 1 aliphatic rings. The van der Waals surface area contributed by atoms with E-state index in [-0.39, 0.29) is 0 Å². The van der Waals surface area contributed by atoms with Crippen LogP contribution in [0.1, 0.15) is 26.2 Å². The number of hydrogen-bond donors (Lipinski definition) is 1. The zero-order valence-corrected chi connectivity index (χ0v) is 10.3. The number of ether oxygens (including phenoxy) is 1. The lowest BCUT2D eigenvalue weighted by molar-refractivity contribution is 0.0691. The van der Waals surface area contributed by atoms with Gasteiger partial charge in [-0.3, -0.25) is 0 Å². The molecule has 1 N–H and O–H groups in total. The second kappa shape index (κ2) is 8.08. The maximum atomic E-state index is 5.63. The first-order valence-corrected chi connectivity index (χ1v) is 6.31. The van der Waals surface area contributed by atoms with E-state index >= 15 is 0 Å². The molecule has 0 saturated carbocycles. The van der Waals surface area contributed by atoms with Crippen molar-refractivity contribution in [2.45, 2.75) is 26.2 Å². The van der Waals surface area contributed by atoms with E-state index in [4.69, 9.17) is 4.74 Å². The monoisotopic (exact) mass is 214 g/mol. The number of nitrogens with one attached hydrogen (secondary N) is 1. The van der Waals surface area contributed by atoms with Crippen molar-refractivity contribution in [3.8, 4) is 0 Å². The molecule has 0 spiro atoms. The minimum absolute atomic E-state index is 0.801. The van der Waals surface area contributed by atoms with Crippen molar-refractivity contribution in [2.75, 3.05) is 46.4 Å². The van der Waals surface area contributed by atoms with E-state index in [0.717, 1.165) is 25.7 Å². The fourth-order valence-corrected chi connectivity index (χ4v) is 2.12. The Bertz CT molecular complexity index is 142. The van der Waals surface area contributed by atoms with Crippen molar-refractivity contribution >= 4 is 0 Å². The van der Waals surface area contributed by atoms with Crippen molar-refractivity contribution < 1.29 is 4.74 Å². The summed E-state index contributed by atoms with van der Waals surface area (Å²) in [6, 6.07) is 0. The lowest BCUT2D eigenvalue weighted by Crippen LogP contribution is -2.35. The first kappa shape index (κ1) is 12.9. The van der Waals surface area contributed by atoms with E-state index in [1.54, 1.807) is 0 Å². The van der Waals surface area contributed by atoms with Crippen LogP contribution >= 0.6 is 0 Å². The second-order valence-corrected chi connectivity index (χ2v) is 4.46. The molecule has 0 atom stereocenters. The third-order valence-electron chi connectivity index (χ3n) is 3.10. The predicted molar refractivity (Wildman–Crippen MR) is 64.2 cm³/mol. The van der Waals surface area contributed by atoms with Gasteiger partial charge in [-0.25, -0.2) is 0 Å². The number of nitrogens with zero attached hydrogens (tertiary/aromatic N) is 1. The van der Waals surface area contributed by atoms with Gasteiger partial charge in [0.1, 0.15) is 0 Å². The maximum Gasteiger partial charge on any atom is 0.0590 e. The van der Waals surface area contributed by atoms with Gasteiger partial charge in [0.15, 0.2) is 0 Å². The molecule has 90 valence electrons. The summed E-state index contributed by atoms with van der Waals surface area (Å²) in [5.74, 6) is 0.801. The summed E-state index contributed by atoms with van der Waals surface area (Å²) in [5.41, 5.74) is 0. The largest absolute Gasteiger partial charge is 0.380 e. The van der Waals surface area contributed by atoms with Crippen LogP contribution in [0.4, 0.5) is 0 Å². The van der Waals surface area contributed by atoms with E-state index < -0.39 is 0 Å². The molecule has 3 heteroatoms. The van der Waals surface area contributed by atoms with E-state index in [1.165, 1.54) is 38.9 Å². The molecule has 0 aromatic rings. The number of rotatable bonds is 7. The quantitative estimate of drug-likeness (QED) is 0.647. The van der Waals surface area contributed by atoms with E-state index in [0.29, 0.717) is 0 Å². The van der Waals surface area contributed by atoms with Crippen molar-refractivity contribution in [2.24, 2.45) is 5.92 Å². The Morgan fingerprint density at radius 3 is 2.67 bits per heavy atom. The number of hydrogen-bond acceptors (Lipinski definition) is 3. The van der Waals surface area contributed by atoms with Crippen LogP contribution in [0.15, 0.2) is 0 Å². The minimum atomic E-state index is 0.801. The minimum Gasteiger partial charge on any atom is -0.380 e. The fraction of sp³-hybridized carbons (Fsp3) is 1.00. The molecule has 1 rings (SSSR count). The Balaban J connectivity index is 1.99. The van der Waals surface area contributed by atoms with Crippen molar-refractivity contribution in [3.05, 3.63) is 0 Å². The second-order valence-electron chi connectivity index (χ2n) is 4.46. The number of piperidine rings is 1. The Morgan fingerprint density at radius 2 is 2.07 bits per heavy atom. The molecule has 15 heavy (non-hydrogen) atoms. The summed E-state index contributed by atoms with van der Waals surface area (Å²) >= 11 is 0. The predicted octanol–water partition coefficient (Wildman–Crippen LogP) is 1.34. The molecule has 1 fully saturated rings. The maximum absolute atomic E-state index is 5.63. The van der Waals surface area contributed by atoms with Crippen LogP contribution in [0.2, 0.25) is 0 Å². The average Bonchev–Trinajstić information content (AvgIpc) is 2.27. The van der Waals surface area contributed by atoms with Gasteiger partial charge in [-0.1, -0.05) is 6.92 Å². The summed E-state index contributed by atoms with van der Waals surface area (Å²) in [7, 11) is 1.96. The normalized spacial score (nSPS) is 19.6. The molecule has 0 unspecified atom stereocenters. The number of likely N-dealkylation sites (N-methyl/N-ethyl adjacent to an activating group) is 1. The van der Waals surface area contributed by atoms with Crippen LogP contribution in [0.25, 0.3) is 0 Å². The zero-order valence-electron chi connectivity index (χ0n) is 10.3. The number of likely N-dealkylation sites (tertiary alicyclic amines) is 1. The van der Waals surface area contributed by atoms with Gasteiger partial charge < -0.3 is 15.0 Å². The Labute approximate surface area is 94.2 Å². The fourth-order valence-electron chi connectivity index (χ4n) is 2.12. The SMILES string of the molecule is CCCN1CCC(COCCNC)CC1. The molecule has 1 aliphatic heterocycles. The van der Waals surface area contributed by atoms with Crippen LogP contribution in [-0.4, -0.2) is 51.3 Å². The smallest absolute Gasteiger partial charge is 0.0590 e. The van der Waals surface area contributed by atoms with Crippen LogP contribution < -0.4 is 5.32 Å². The lowest BCUT2D eigenvalue weighted by Gasteiger charge is -2.31. The molecule has 1 heterocycles. The van der Waals surface area contributed by atoms with E-state index in [2.05, 4.69) is 17.1 Å². The lowest BCUT2D eigenvalue weighted by atomic mass is 9.98. The molecule has 0 aromatic carbocycles. The van der Waals surface area contributed by atoms with E-state index in [9.17, 15) is 0 Å². The van der Waals surface area contributed by atoms with Gasteiger partial charge in [0.2, 0.25) is 0 Å². The molecule has 3 nitrogen and oxygen atoms in total. The summed E-state index contributed by atoms with van der Waals surface area (Å²) < 4.78 is 5.63. The van der Waals surface area contributed by atoms with Gasteiger partial charge in [0.05, 0.1) is 6.61 Å². The van der Waals surface area contributed by atoms with Crippen LogP contribution in [0.5, 0.6) is 0 Å². The molecule has 0 bridgehead atoms. The molecular formula is C12H26N2O. The van der Waals surface area contributed by atoms with Crippen molar-refractivity contribution in [1.29, 1.82) is 0 Å². The topological polar surface area (TPSA) is 24.5 Å². The molecule has 0 radical (unpaired) electrons. The highest BCUT2D eigenvalue weighted by Gasteiger charge is 2.18. The first-order chi connectivity index (χ1) is 7.36. The molecule has 0 aromatic heterocycles. The van der Waals surface area contributed by atoms with Gasteiger partial charge in [0, 0.05) is 13.2 Å². The molecule has 0 amide bonds. The highest BCUT2D eigenvalue weighted by molar-refractivity contribution is 4.71. The summed E-state index contributed by atoms with van der Waals surface area (Å²) in [6.07, 6.45) is 3.92. The average molecular weight is 214 g/mol. The van der Waals surface area contributed by atoms with Crippen molar-refractivity contribution in [3.63, 3.8) is 0 Å². The summed E-state index contributed by atoms with van der Waals surface area (Å²) in [5, 5.41) is 3.10. The molecule has 0 aliphatic carbocycles. The third-order valence-corrected chi connectivity index (χ3v) is 3.10. The van der Waals surface area contributed by atoms with Crippen LogP contribution in [-0.2, 0) is 4.74 Å². The molecular weight excluding hydrogens is 188 g/mol. The van der Waals surface area contributed by atoms with Gasteiger partial charge in [-0.05, 0) is 51.9 Å². The first-order valence-electron chi connectivity index (χ1n) is 6.31.